The van der Waals surface area contributed by atoms with Crippen molar-refractivity contribution in [2.45, 2.75) is 25.1 Å². The molecule has 0 aliphatic carbocycles. The van der Waals surface area contributed by atoms with Crippen molar-refractivity contribution < 1.29 is 17.9 Å². The van der Waals surface area contributed by atoms with Crippen molar-refractivity contribution in [1.82, 2.24) is 0 Å². The third kappa shape index (κ3) is 3.62. The molecule has 90 valence electrons. The number of methoxy groups -OCH3 is 1. The van der Waals surface area contributed by atoms with Gasteiger partial charge in [0.15, 0.2) is 0 Å². The highest BCUT2D eigenvalue weighted by Crippen LogP contribution is 2.36. The molecule has 1 rings (SSSR count). The van der Waals surface area contributed by atoms with E-state index in [9.17, 15) is 13.2 Å². The van der Waals surface area contributed by atoms with E-state index in [-0.39, 0.29) is 0 Å². The Balaban J connectivity index is 3.00. The molecular weight excluding hydrogens is 332 g/mol. The zero-order valence-electron chi connectivity index (χ0n) is 8.94. The maximum atomic E-state index is 12.4. The van der Waals surface area contributed by atoms with E-state index in [2.05, 4.69) is 22.6 Å². The van der Waals surface area contributed by atoms with Gasteiger partial charge in [0.25, 0.3) is 0 Å². The Bertz CT molecular complexity index is 347. The van der Waals surface area contributed by atoms with Crippen LogP contribution in [0.2, 0.25) is 0 Å². The number of halogens is 4. The van der Waals surface area contributed by atoms with E-state index in [1.807, 2.05) is 0 Å². The Hall–Kier alpha value is -0.300. The highest BCUT2D eigenvalue weighted by Gasteiger charge is 2.40. The molecule has 1 nitrogen and oxygen atoms in total. The Morgan fingerprint density at radius 2 is 1.69 bits per heavy atom. The lowest BCUT2D eigenvalue weighted by Crippen LogP contribution is -2.31. The number of hydrogen-bond donors (Lipinski definition) is 0. The predicted molar refractivity (Wildman–Crippen MR) is 64.2 cm³/mol. The summed E-state index contributed by atoms with van der Waals surface area (Å²) >= 11 is 2.10. The molecule has 0 saturated carbocycles. The van der Waals surface area contributed by atoms with Crippen LogP contribution >= 0.6 is 22.6 Å². The molecule has 1 aromatic rings. The third-order valence-electron chi connectivity index (χ3n) is 2.44. The summed E-state index contributed by atoms with van der Waals surface area (Å²) in [7, 11) is 1.30. The molecule has 0 N–H and O–H groups in total. The predicted octanol–water partition coefficient (Wildman–Crippen LogP) is 4.11. The summed E-state index contributed by atoms with van der Waals surface area (Å²) in [6.07, 6.45) is -5.23. The molecule has 0 fully saturated rings. The Kier molecular flexibility index (Phi) is 4.23. The average molecular weight is 344 g/mol. The molecule has 1 aromatic carbocycles. The Labute approximate surface area is 106 Å². The van der Waals surface area contributed by atoms with Gasteiger partial charge >= 0.3 is 6.18 Å². The summed E-state index contributed by atoms with van der Waals surface area (Å²) in [4.78, 5) is 0. The van der Waals surface area contributed by atoms with Crippen LogP contribution in [0.1, 0.15) is 18.9 Å². The van der Waals surface area contributed by atoms with Crippen LogP contribution in [0, 0.1) is 3.57 Å². The summed E-state index contributed by atoms with van der Waals surface area (Å²) in [6, 6.07) is 6.86. The summed E-state index contributed by atoms with van der Waals surface area (Å²) in [5, 5.41) is 0. The molecule has 16 heavy (non-hydrogen) atoms. The molecule has 0 amide bonds. The van der Waals surface area contributed by atoms with Crippen molar-refractivity contribution in [1.29, 1.82) is 0 Å². The van der Waals surface area contributed by atoms with E-state index in [0.717, 1.165) is 3.57 Å². The second kappa shape index (κ2) is 4.91. The first-order valence-electron chi connectivity index (χ1n) is 4.65. The van der Waals surface area contributed by atoms with Gasteiger partial charge in [0, 0.05) is 10.7 Å². The van der Waals surface area contributed by atoms with Crippen molar-refractivity contribution in [2.24, 2.45) is 0 Å². The SMILES string of the molecule is COC(C)(CC(F)(F)F)c1ccc(I)cc1. The highest BCUT2D eigenvalue weighted by molar-refractivity contribution is 14.1. The van der Waals surface area contributed by atoms with Gasteiger partial charge in [-0.15, -0.1) is 0 Å². The minimum atomic E-state index is -4.24. The van der Waals surface area contributed by atoms with Crippen LogP contribution < -0.4 is 0 Å². The summed E-state index contributed by atoms with van der Waals surface area (Å²) in [5.41, 5.74) is -0.782. The zero-order chi connectivity index (χ0) is 12.4. The van der Waals surface area contributed by atoms with Gasteiger partial charge in [-0.3, -0.25) is 0 Å². The van der Waals surface area contributed by atoms with Crippen LogP contribution in [0.15, 0.2) is 24.3 Å². The van der Waals surface area contributed by atoms with Crippen LogP contribution in [0.4, 0.5) is 13.2 Å². The number of rotatable bonds is 3. The summed E-state index contributed by atoms with van der Waals surface area (Å²) in [6.45, 7) is 1.45. The minimum absolute atomic E-state index is 0.535. The summed E-state index contributed by atoms with van der Waals surface area (Å²) in [5.74, 6) is 0. The molecule has 5 heteroatoms. The fourth-order valence-corrected chi connectivity index (χ4v) is 1.84. The molecule has 1 atom stereocenters. The van der Waals surface area contributed by atoms with E-state index >= 15 is 0 Å². The van der Waals surface area contributed by atoms with Crippen LogP contribution in [-0.2, 0) is 10.3 Å². The first-order valence-corrected chi connectivity index (χ1v) is 5.73. The largest absolute Gasteiger partial charge is 0.392 e. The molecule has 0 aliphatic rings. The van der Waals surface area contributed by atoms with E-state index in [1.54, 1.807) is 24.3 Å². The van der Waals surface area contributed by atoms with Crippen LogP contribution in [0.3, 0.4) is 0 Å². The van der Waals surface area contributed by atoms with Gasteiger partial charge in [0.2, 0.25) is 0 Å². The molecule has 1 unspecified atom stereocenters. The highest BCUT2D eigenvalue weighted by atomic mass is 127. The van der Waals surface area contributed by atoms with Crippen LogP contribution in [0.5, 0.6) is 0 Å². The van der Waals surface area contributed by atoms with E-state index in [0.29, 0.717) is 5.56 Å². The fraction of sp³-hybridized carbons (Fsp3) is 0.455. The van der Waals surface area contributed by atoms with Gasteiger partial charge in [-0.2, -0.15) is 13.2 Å². The normalized spacial score (nSPS) is 15.9. The van der Waals surface area contributed by atoms with E-state index < -0.39 is 18.2 Å². The monoisotopic (exact) mass is 344 g/mol. The fourth-order valence-electron chi connectivity index (χ4n) is 1.48. The van der Waals surface area contributed by atoms with Gasteiger partial charge in [0.05, 0.1) is 12.0 Å². The number of ether oxygens (including phenoxy) is 1. The number of alkyl halides is 3. The summed E-state index contributed by atoms with van der Waals surface area (Å²) < 4.78 is 43.3. The first-order chi connectivity index (χ1) is 7.27. The van der Waals surface area contributed by atoms with E-state index in [4.69, 9.17) is 4.74 Å². The number of benzene rings is 1. The molecular formula is C11H12F3IO. The lowest BCUT2D eigenvalue weighted by Gasteiger charge is -2.29. The van der Waals surface area contributed by atoms with Crippen molar-refractivity contribution in [2.75, 3.05) is 7.11 Å². The molecule has 0 radical (unpaired) electrons. The van der Waals surface area contributed by atoms with Crippen molar-refractivity contribution >= 4 is 22.6 Å². The van der Waals surface area contributed by atoms with Crippen molar-refractivity contribution in [3.63, 3.8) is 0 Å². The van der Waals surface area contributed by atoms with E-state index in [1.165, 1.54) is 14.0 Å². The average Bonchev–Trinajstić information content (AvgIpc) is 2.16. The number of hydrogen-bond acceptors (Lipinski definition) is 1. The Morgan fingerprint density at radius 1 is 1.19 bits per heavy atom. The second-order valence-electron chi connectivity index (χ2n) is 3.73. The van der Waals surface area contributed by atoms with Crippen LogP contribution in [-0.4, -0.2) is 13.3 Å². The maximum absolute atomic E-state index is 12.4. The van der Waals surface area contributed by atoms with Gasteiger partial charge in [0.1, 0.15) is 0 Å². The molecule has 0 bridgehead atoms. The van der Waals surface area contributed by atoms with Crippen molar-refractivity contribution in [3.8, 4) is 0 Å². The van der Waals surface area contributed by atoms with Gasteiger partial charge in [-0.05, 0) is 47.2 Å². The van der Waals surface area contributed by atoms with Crippen LogP contribution in [0.25, 0.3) is 0 Å². The smallest absolute Gasteiger partial charge is 0.373 e. The molecule has 0 aliphatic heterocycles. The third-order valence-corrected chi connectivity index (χ3v) is 3.16. The Morgan fingerprint density at radius 3 is 2.06 bits per heavy atom. The van der Waals surface area contributed by atoms with Crippen molar-refractivity contribution in [3.05, 3.63) is 33.4 Å². The van der Waals surface area contributed by atoms with Gasteiger partial charge in [-0.1, -0.05) is 12.1 Å². The molecule has 0 saturated heterocycles. The lowest BCUT2D eigenvalue weighted by atomic mass is 9.92. The second-order valence-corrected chi connectivity index (χ2v) is 4.98. The lowest BCUT2D eigenvalue weighted by molar-refractivity contribution is -0.181. The molecule has 0 spiro atoms. The molecule has 0 aromatic heterocycles. The standard InChI is InChI=1S/C11H12F3IO/c1-10(16-2,7-11(12,13)14)8-3-5-9(15)6-4-8/h3-6H,7H2,1-2H3. The minimum Gasteiger partial charge on any atom is -0.373 e. The molecule has 0 heterocycles. The first kappa shape index (κ1) is 13.8. The topological polar surface area (TPSA) is 9.23 Å². The van der Waals surface area contributed by atoms with Gasteiger partial charge in [-0.25, -0.2) is 0 Å². The quantitative estimate of drug-likeness (QED) is 0.750. The maximum Gasteiger partial charge on any atom is 0.392 e. The zero-order valence-corrected chi connectivity index (χ0v) is 11.1. The van der Waals surface area contributed by atoms with Gasteiger partial charge < -0.3 is 4.74 Å².